The predicted octanol–water partition coefficient (Wildman–Crippen LogP) is -1.15. The van der Waals surface area contributed by atoms with Gasteiger partial charge in [0.2, 0.25) is 0 Å². The van der Waals surface area contributed by atoms with E-state index in [4.69, 9.17) is 0 Å². The van der Waals surface area contributed by atoms with Gasteiger partial charge in [-0.05, 0) is 24.3 Å². The zero-order chi connectivity index (χ0) is 9.10. The van der Waals surface area contributed by atoms with Crippen molar-refractivity contribution in [3.8, 4) is 17.1 Å². The van der Waals surface area contributed by atoms with Crippen LogP contribution in [0.25, 0.3) is 11.4 Å². The first-order valence-corrected chi connectivity index (χ1v) is 3.93. The molecule has 0 amide bonds. The van der Waals surface area contributed by atoms with E-state index in [0.717, 1.165) is 0 Å². The van der Waals surface area contributed by atoms with Crippen molar-refractivity contribution in [2.45, 2.75) is 0 Å². The minimum Gasteiger partial charge on any atom is -0.506 e. The van der Waals surface area contributed by atoms with Crippen LogP contribution in [0.2, 0.25) is 0 Å². The summed E-state index contributed by atoms with van der Waals surface area (Å²) in [5.41, 5.74) is 1.20. The van der Waals surface area contributed by atoms with E-state index in [1.54, 1.807) is 24.5 Å². The van der Waals surface area contributed by atoms with Gasteiger partial charge in [0.1, 0.15) is 11.4 Å². The molecule has 0 atom stereocenters. The molecule has 2 aromatic heterocycles. The molecule has 3 nitrogen and oxygen atoms in total. The van der Waals surface area contributed by atoms with Gasteiger partial charge < -0.3 is 5.11 Å². The fraction of sp³-hybridized carbons (Fsp3) is 0. The van der Waals surface area contributed by atoms with Crippen LogP contribution in [0.5, 0.6) is 5.75 Å². The second kappa shape index (κ2) is 4.80. The van der Waals surface area contributed by atoms with Gasteiger partial charge in [0, 0.05) is 12.4 Å². The molecule has 2 heterocycles. The van der Waals surface area contributed by atoms with Crippen molar-refractivity contribution in [2.24, 2.45) is 0 Å². The number of hydrogen-bond donors (Lipinski definition) is 1. The summed E-state index contributed by atoms with van der Waals surface area (Å²) in [7, 11) is 0. The first-order valence-electron chi connectivity index (χ1n) is 3.93. The van der Waals surface area contributed by atoms with Crippen LogP contribution >= 0.6 is 0 Å². The van der Waals surface area contributed by atoms with Gasteiger partial charge in [0.05, 0.1) is 5.69 Å². The third-order valence-electron chi connectivity index (χ3n) is 1.69. The van der Waals surface area contributed by atoms with Crippen LogP contribution in [-0.4, -0.2) is 15.1 Å². The van der Waals surface area contributed by atoms with Gasteiger partial charge in [-0.15, -0.1) is 0 Å². The Labute approximate surface area is 94.0 Å². The molecule has 0 fully saturated rings. The van der Waals surface area contributed by atoms with E-state index in [1.807, 2.05) is 18.2 Å². The van der Waals surface area contributed by atoms with Crippen molar-refractivity contribution >= 4 is 0 Å². The number of aromatic hydroxyl groups is 1. The Hall–Kier alpha value is -1.30. The van der Waals surface area contributed by atoms with E-state index < -0.39 is 0 Å². The maximum absolute atomic E-state index is 9.46. The molecule has 0 saturated heterocycles. The normalized spacial score (nSPS) is 9.14. The summed E-state index contributed by atoms with van der Waals surface area (Å²) in [6, 6.07) is 8.76. The molecule has 0 aromatic carbocycles. The zero-order valence-corrected chi connectivity index (χ0v) is 7.88. The van der Waals surface area contributed by atoms with Gasteiger partial charge in [-0.1, -0.05) is 6.07 Å². The van der Waals surface area contributed by atoms with Crippen LogP contribution in [-0.2, 0) is 0 Å². The molecule has 0 aliphatic carbocycles. The number of rotatable bonds is 1. The summed E-state index contributed by atoms with van der Waals surface area (Å²) < 4.78 is 0. The van der Waals surface area contributed by atoms with E-state index in [1.165, 1.54) is 0 Å². The van der Waals surface area contributed by atoms with Crippen molar-refractivity contribution < 1.29 is 24.0 Å². The van der Waals surface area contributed by atoms with Crippen molar-refractivity contribution in [1.82, 2.24) is 9.97 Å². The van der Waals surface area contributed by atoms with Crippen LogP contribution in [0.15, 0.2) is 42.7 Å². The molecule has 0 aliphatic rings. The van der Waals surface area contributed by atoms with Gasteiger partial charge >= 0.3 is 18.9 Å². The van der Waals surface area contributed by atoms with Crippen molar-refractivity contribution in [2.75, 3.05) is 0 Å². The van der Waals surface area contributed by atoms with Crippen molar-refractivity contribution in [1.29, 1.82) is 0 Å². The second-order valence-electron chi connectivity index (χ2n) is 2.59. The molecular formula is C10H8LiN2O+. The maximum Gasteiger partial charge on any atom is 1.00 e. The van der Waals surface area contributed by atoms with Gasteiger partial charge in [-0.2, -0.15) is 0 Å². The Morgan fingerprint density at radius 3 is 2.36 bits per heavy atom. The molecule has 1 N–H and O–H groups in total. The van der Waals surface area contributed by atoms with Crippen LogP contribution in [0.3, 0.4) is 0 Å². The van der Waals surface area contributed by atoms with E-state index in [0.29, 0.717) is 11.4 Å². The molecule has 0 saturated carbocycles. The van der Waals surface area contributed by atoms with Crippen LogP contribution < -0.4 is 18.9 Å². The average Bonchev–Trinajstić information content (AvgIpc) is 2.20. The summed E-state index contributed by atoms with van der Waals surface area (Å²) >= 11 is 0. The summed E-state index contributed by atoms with van der Waals surface area (Å²) in [5, 5.41) is 9.46. The number of aromatic nitrogens is 2. The number of hydrogen-bond acceptors (Lipinski definition) is 3. The van der Waals surface area contributed by atoms with E-state index in [9.17, 15) is 5.11 Å². The molecule has 14 heavy (non-hydrogen) atoms. The first kappa shape index (κ1) is 10.8. The third-order valence-corrected chi connectivity index (χ3v) is 1.69. The summed E-state index contributed by atoms with van der Waals surface area (Å²) in [5.74, 6) is 0.154. The second-order valence-corrected chi connectivity index (χ2v) is 2.59. The fourth-order valence-corrected chi connectivity index (χ4v) is 1.10. The molecule has 0 radical (unpaired) electrons. The topological polar surface area (TPSA) is 46.0 Å². The van der Waals surface area contributed by atoms with Crippen molar-refractivity contribution in [3.05, 3.63) is 42.7 Å². The predicted molar refractivity (Wildman–Crippen MR) is 49.1 cm³/mol. The standard InChI is InChI=1S/C10H8N2O.Li/c13-9-5-3-7-12-10(9)8-4-1-2-6-11-8;/h1-7,13H;/q;+1. The van der Waals surface area contributed by atoms with Crippen molar-refractivity contribution in [3.63, 3.8) is 0 Å². The summed E-state index contributed by atoms with van der Waals surface area (Å²) in [6.45, 7) is 0. The first-order chi connectivity index (χ1) is 6.38. The Bertz CT molecular complexity index is 406. The van der Waals surface area contributed by atoms with E-state index in [2.05, 4.69) is 9.97 Å². The summed E-state index contributed by atoms with van der Waals surface area (Å²) in [6.07, 6.45) is 3.30. The number of nitrogens with zero attached hydrogens (tertiary/aromatic N) is 2. The van der Waals surface area contributed by atoms with Crippen LogP contribution in [0, 0.1) is 0 Å². The minimum absolute atomic E-state index is 0. The van der Waals surface area contributed by atoms with Crippen LogP contribution in [0.4, 0.5) is 0 Å². The molecule has 2 rings (SSSR count). The SMILES string of the molecule is Oc1cccnc1-c1ccccn1.[Li+]. The monoisotopic (exact) mass is 179 g/mol. The van der Waals surface area contributed by atoms with Gasteiger partial charge in [-0.3, -0.25) is 9.97 Å². The molecule has 0 aliphatic heterocycles. The molecule has 4 heteroatoms. The average molecular weight is 179 g/mol. The smallest absolute Gasteiger partial charge is 0.506 e. The number of pyridine rings is 2. The third kappa shape index (κ3) is 2.14. The quantitative estimate of drug-likeness (QED) is 0.562. The molecular weight excluding hydrogens is 171 g/mol. The zero-order valence-electron chi connectivity index (χ0n) is 7.88. The molecule has 0 spiro atoms. The Kier molecular flexibility index (Phi) is 3.70. The fourth-order valence-electron chi connectivity index (χ4n) is 1.10. The van der Waals surface area contributed by atoms with E-state index >= 15 is 0 Å². The van der Waals surface area contributed by atoms with Gasteiger partial charge in [0.15, 0.2) is 0 Å². The Morgan fingerprint density at radius 1 is 0.929 bits per heavy atom. The largest absolute Gasteiger partial charge is 1.00 e. The van der Waals surface area contributed by atoms with E-state index in [-0.39, 0.29) is 24.6 Å². The molecule has 2 aromatic rings. The maximum atomic E-state index is 9.46. The molecule has 0 unspecified atom stereocenters. The van der Waals surface area contributed by atoms with Gasteiger partial charge in [-0.25, -0.2) is 0 Å². The summed E-state index contributed by atoms with van der Waals surface area (Å²) in [4.78, 5) is 8.12. The molecule has 64 valence electrons. The van der Waals surface area contributed by atoms with Crippen LogP contribution in [0.1, 0.15) is 0 Å². The Balaban J connectivity index is 0.000000980. The molecule has 0 bridgehead atoms. The minimum atomic E-state index is 0. The Morgan fingerprint density at radius 2 is 1.71 bits per heavy atom. The van der Waals surface area contributed by atoms with Gasteiger partial charge in [0.25, 0.3) is 0 Å².